The highest BCUT2D eigenvalue weighted by atomic mass is 35.5. The molecule has 7 nitrogen and oxygen atoms in total. The van der Waals surface area contributed by atoms with Crippen molar-refractivity contribution >= 4 is 50.7 Å². The molecule has 36 heavy (non-hydrogen) atoms. The fraction of sp³-hybridized carbons (Fsp3) is 0.462. The molecule has 10 heteroatoms. The summed E-state index contributed by atoms with van der Waals surface area (Å²) in [6, 6.07) is 11.5. The molecule has 2 aromatic carbocycles. The van der Waals surface area contributed by atoms with Crippen LogP contribution >= 0.6 is 23.2 Å². The Morgan fingerprint density at radius 1 is 1.00 bits per heavy atom. The lowest BCUT2D eigenvalue weighted by atomic mass is 10.1. The van der Waals surface area contributed by atoms with E-state index in [9.17, 15) is 18.0 Å². The largest absolute Gasteiger partial charge is 0.354 e. The lowest BCUT2D eigenvalue weighted by molar-refractivity contribution is -0.140. The predicted molar refractivity (Wildman–Crippen MR) is 147 cm³/mol. The van der Waals surface area contributed by atoms with Crippen LogP contribution in [-0.2, 0) is 26.2 Å². The van der Waals surface area contributed by atoms with Crippen molar-refractivity contribution in [2.24, 2.45) is 5.92 Å². The van der Waals surface area contributed by atoms with E-state index in [4.69, 9.17) is 23.2 Å². The number of carbonyl (C=O) groups is 2. The molecule has 2 amide bonds. The molecule has 0 spiro atoms. The number of rotatable bonds is 12. The zero-order chi connectivity index (χ0) is 27.0. The van der Waals surface area contributed by atoms with Crippen molar-refractivity contribution in [1.29, 1.82) is 0 Å². The molecule has 0 aliphatic rings. The van der Waals surface area contributed by atoms with Crippen molar-refractivity contribution in [3.05, 3.63) is 63.6 Å². The Morgan fingerprint density at radius 2 is 1.64 bits per heavy atom. The van der Waals surface area contributed by atoms with Crippen LogP contribution in [0, 0.1) is 12.8 Å². The molecule has 1 unspecified atom stereocenters. The standard InChI is InChI=1S/C26H35Cl2N3O4S/c1-18(2)16-29-26(33)20(4)30(17-21-10-6-7-11-23(21)28)25(32)14-9-15-31(36(5,34)35)24-13-8-12-22(27)19(24)3/h6-8,10-13,18,20H,9,14-17H2,1-5H3,(H,29,33). The summed E-state index contributed by atoms with van der Waals surface area (Å²) in [5, 5.41) is 3.85. The van der Waals surface area contributed by atoms with Crippen molar-refractivity contribution < 1.29 is 18.0 Å². The van der Waals surface area contributed by atoms with Gasteiger partial charge >= 0.3 is 0 Å². The molecule has 0 radical (unpaired) electrons. The molecule has 0 aliphatic heterocycles. The van der Waals surface area contributed by atoms with Gasteiger partial charge in [0.25, 0.3) is 0 Å². The fourth-order valence-electron chi connectivity index (χ4n) is 3.69. The van der Waals surface area contributed by atoms with Crippen LogP contribution in [0.4, 0.5) is 5.69 Å². The van der Waals surface area contributed by atoms with Gasteiger partial charge in [-0.2, -0.15) is 0 Å². The highest BCUT2D eigenvalue weighted by Gasteiger charge is 2.27. The molecule has 0 aromatic heterocycles. The molecule has 0 fully saturated rings. The third kappa shape index (κ3) is 8.39. The van der Waals surface area contributed by atoms with Crippen molar-refractivity contribution in [1.82, 2.24) is 10.2 Å². The molecule has 1 N–H and O–H groups in total. The van der Waals surface area contributed by atoms with Gasteiger partial charge in [-0.3, -0.25) is 13.9 Å². The molecular formula is C26H35Cl2N3O4S. The quantitative estimate of drug-likeness (QED) is 0.397. The summed E-state index contributed by atoms with van der Waals surface area (Å²) in [5.41, 5.74) is 1.85. The van der Waals surface area contributed by atoms with Crippen LogP contribution in [-0.4, -0.2) is 50.5 Å². The Bertz CT molecular complexity index is 1170. The molecule has 0 aliphatic carbocycles. The highest BCUT2D eigenvalue weighted by Crippen LogP contribution is 2.28. The van der Waals surface area contributed by atoms with Crippen LogP contribution in [0.5, 0.6) is 0 Å². The van der Waals surface area contributed by atoms with E-state index in [-0.39, 0.29) is 43.7 Å². The summed E-state index contributed by atoms with van der Waals surface area (Å²) in [6.45, 7) is 8.18. The van der Waals surface area contributed by atoms with Crippen LogP contribution in [0.3, 0.4) is 0 Å². The van der Waals surface area contributed by atoms with Gasteiger partial charge in [-0.15, -0.1) is 0 Å². The normalized spacial score (nSPS) is 12.3. The third-order valence-corrected chi connectivity index (χ3v) is 7.77. The molecule has 1 atom stereocenters. The maximum Gasteiger partial charge on any atom is 0.242 e. The zero-order valence-corrected chi connectivity index (χ0v) is 23.8. The maximum atomic E-state index is 13.3. The van der Waals surface area contributed by atoms with Crippen LogP contribution < -0.4 is 9.62 Å². The van der Waals surface area contributed by atoms with Gasteiger partial charge in [0.2, 0.25) is 21.8 Å². The number of nitrogens with one attached hydrogen (secondary N) is 1. The number of hydrogen-bond donors (Lipinski definition) is 1. The average Bonchev–Trinajstić information content (AvgIpc) is 2.80. The molecule has 198 valence electrons. The minimum atomic E-state index is -3.61. The number of halogens is 2. The molecule has 0 bridgehead atoms. The number of nitrogens with zero attached hydrogens (tertiary/aromatic N) is 2. The summed E-state index contributed by atoms with van der Waals surface area (Å²) in [7, 11) is -3.61. The number of benzene rings is 2. The van der Waals surface area contributed by atoms with Gasteiger partial charge in [0, 0.05) is 36.1 Å². The van der Waals surface area contributed by atoms with E-state index in [2.05, 4.69) is 5.32 Å². The molecule has 2 aromatic rings. The zero-order valence-electron chi connectivity index (χ0n) is 21.4. The lowest BCUT2D eigenvalue weighted by Gasteiger charge is -2.30. The van der Waals surface area contributed by atoms with Gasteiger partial charge in [-0.05, 0) is 55.5 Å². The SMILES string of the molecule is Cc1c(Cl)cccc1N(CCCC(=O)N(Cc1ccccc1Cl)C(C)C(=O)NCC(C)C)S(C)(=O)=O. The molecular weight excluding hydrogens is 521 g/mol. The van der Waals surface area contributed by atoms with Crippen molar-refractivity contribution in [2.45, 2.75) is 53.1 Å². The van der Waals surface area contributed by atoms with Gasteiger partial charge in [0.15, 0.2) is 0 Å². The Hall–Kier alpha value is -2.29. The Balaban J connectivity index is 2.21. The van der Waals surface area contributed by atoms with Gasteiger partial charge in [0.1, 0.15) is 6.04 Å². The average molecular weight is 557 g/mol. The van der Waals surface area contributed by atoms with E-state index in [1.165, 1.54) is 9.21 Å². The summed E-state index contributed by atoms with van der Waals surface area (Å²) >= 11 is 12.5. The fourth-order valence-corrected chi connectivity index (χ4v) is 5.07. The minimum absolute atomic E-state index is 0.0535. The number of anilines is 1. The topological polar surface area (TPSA) is 86.8 Å². The summed E-state index contributed by atoms with van der Waals surface area (Å²) in [5.74, 6) is -0.249. The number of carbonyl (C=O) groups excluding carboxylic acids is 2. The van der Waals surface area contributed by atoms with Crippen molar-refractivity contribution in [2.75, 3.05) is 23.7 Å². The molecule has 0 saturated carbocycles. The maximum absolute atomic E-state index is 13.3. The number of amides is 2. The second kappa shape index (κ2) is 13.3. The monoisotopic (exact) mass is 555 g/mol. The van der Waals surface area contributed by atoms with E-state index in [0.717, 1.165) is 11.8 Å². The first-order valence-electron chi connectivity index (χ1n) is 11.9. The second-order valence-corrected chi connectivity index (χ2v) is 12.0. The third-order valence-electron chi connectivity index (χ3n) is 5.81. The van der Waals surface area contributed by atoms with E-state index in [1.54, 1.807) is 44.2 Å². The van der Waals surface area contributed by atoms with Crippen LogP contribution in [0.2, 0.25) is 10.0 Å². The van der Waals surface area contributed by atoms with E-state index < -0.39 is 16.1 Å². The molecule has 2 rings (SSSR count). The lowest BCUT2D eigenvalue weighted by Crippen LogP contribution is -2.48. The first kappa shape index (κ1) is 29.9. The Kier molecular flexibility index (Phi) is 11.1. The Morgan fingerprint density at radius 3 is 2.25 bits per heavy atom. The first-order chi connectivity index (χ1) is 16.8. The van der Waals surface area contributed by atoms with Crippen molar-refractivity contribution in [3.63, 3.8) is 0 Å². The van der Waals surface area contributed by atoms with Gasteiger partial charge in [-0.25, -0.2) is 8.42 Å². The van der Waals surface area contributed by atoms with Crippen molar-refractivity contribution in [3.8, 4) is 0 Å². The molecule has 0 saturated heterocycles. The van der Waals surface area contributed by atoms with E-state index in [0.29, 0.717) is 27.8 Å². The Labute approximate surface area is 224 Å². The smallest absolute Gasteiger partial charge is 0.242 e. The molecule has 0 heterocycles. The van der Waals surface area contributed by atoms with Gasteiger partial charge in [-0.1, -0.05) is 61.3 Å². The number of sulfonamides is 1. The van der Waals surface area contributed by atoms with Gasteiger partial charge < -0.3 is 10.2 Å². The first-order valence-corrected chi connectivity index (χ1v) is 14.5. The van der Waals surface area contributed by atoms with E-state index in [1.807, 2.05) is 26.0 Å². The van der Waals surface area contributed by atoms with Crippen LogP contribution in [0.15, 0.2) is 42.5 Å². The summed E-state index contributed by atoms with van der Waals surface area (Å²) in [6.07, 6.45) is 1.44. The minimum Gasteiger partial charge on any atom is -0.354 e. The highest BCUT2D eigenvalue weighted by molar-refractivity contribution is 7.92. The predicted octanol–water partition coefficient (Wildman–Crippen LogP) is 5.04. The number of hydrogen-bond acceptors (Lipinski definition) is 4. The summed E-state index contributed by atoms with van der Waals surface area (Å²) in [4.78, 5) is 27.6. The van der Waals surface area contributed by atoms with Crippen LogP contribution in [0.1, 0.15) is 44.7 Å². The van der Waals surface area contributed by atoms with Gasteiger partial charge in [0.05, 0.1) is 11.9 Å². The van der Waals surface area contributed by atoms with Crippen LogP contribution in [0.25, 0.3) is 0 Å². The summed E-state index contributed by atoms with van der Waals surface area (Å²) < 4.78 is 26.3. The van der Waals surface area contributed by atoms with E-state index >= 15 is 0 Å². The second-order valence-electron chi connectivity index (χ2n) is 9.25.